The van der Waals surface area contributed by atoms with E-state index in [9.17, 15) is 9.59 Å². The van der Waals surface area contributed by atoms with Gasteiger partial charge in [-0.3, -0.25) is 4.79 Å². The molecule has 5 nitrogen and oxygen atoms in total. The van der Waals surface area contributed by atoms with Crippen molar-refractivity contribution in [3.63, 3.8) is 0 Å². The Hall–Kier alpha value is -2.04. The molecule has 106 valence electrons. The maximum atomic E-state index is 12.3. The number of benzene rings is 1. The minimum atomic E-state index is -0.320. The van der Waals surface area contributed by atoms with Gasteiger partial charge in [0.25, 0.3) is 0 Å². The number of nitrogens with one attached hydrogen (secondary N) is 2. The topological polar surface area (TPSA) is 61.4 Å². The molecule has 20 heavy (non-hydrogen) atoms. The first-order chi connectivity index (χ1) is 9.74. The first-order valence-electron chi connectivity index (χ1n) is 7.17. The Balaban J connectivity index is 1.62. The van der Waals surface area contributed by atoms with Crippen molar-refractivity contribution in [1.82, 2.24) is 10.2 Å². The van der Waals surface area contributed by atoms with Crippen molar-refractivity contribution in [2.75, 3.05) is 11.9 Å². The summed E-state index contributed by atoms with van der Waals surface area (Å²) in [4.78, 5) is 26.0. The summed E-state index contributed by atoms with van der Waals surface area (Å²) in [6.07, 6.45) is 3.76. The van der Waals surface area contributed by atoms with Crippen molar-refractivity contribution in [3.8, 4) is 0 Å². The van der Waals surface area contributed by atoms with Crippen LogP contribution in [0.4, 0.5) is 10.5 Å². The lowest BCUT2D eigenvalue weighted by molar-refractivity contribution is -0.124. The van der Waals surface area contributed by atoms with E-state index in [1.165, 1.54) is 0 Å². The molecule has 0 bridgehead atoms. The first kappa shape index (κ1) is 13.0. The number of nitrogens with zero attached hydrogens (tertiary/aromatic N) is 1. The third-order valence-electron chi connectivity index (χ3n) is 3.77. The summed E-state index contributed by atoms with van der Waals surface area (Å²) >= 11 is 0. The molecule has 1 atom stereocenters. The summed E-state index contributed by atoms with van der Waals surface area (Å²) in [5.41, 5.74) is 0.755. The molecule has 0 spiro atoms. The number of para-hydroxylation sites is 1. The number of likely N-dealkylation sites (tertiary alicyclic amines) is 1. The normalized spacial score (nSPS) is 21.6. The van der Waals surface area contributed by atoms with Gasteiger partial charge in [0, 0.05) is 18.3 Å². The van der Waals surface area contributed by atoms with Crippen LogP contribution in [0.1, 0.15) is 25.7 Å². The zero-order chi connectivity index (χ0) is 13.9. The lowest BCUT2D eigenvalue weighted by atomic mass is 10.2. The Bertz CT molecular complexity index is 499. The number of carbonyl (C=O) groups is 2. The Labute approximate surface area is 118 Å². The lowest BCUT2D eigenvalue weighted by Gasteiger charge is -2.24. The highest BCUT2D eigenvalue weighted by Gasteiger charge is 2.36. The van der Waals surface area contributed by atoms with E-state index in [2.05, 4.69) is 10.6 Å². The maximum Gasteiger partial charge on any atom is 0.322 e. The van der Waals surface area contributed by atoms with Gasteiger partial charge in [0.05, 0.1) is 0 Å². The molecule has 1 aromatic carbocycles. The second-order valence-electron chi connectivity index (χ2n) is 5.43. The van der Waals surface area contributed by atoms with E-state index in [0.29, 0.717) is 12.6 Å². The average molecular weight is 273 g/mol. The van der Waals surface area contributed by atoms with Gasteiger partial charge in [-0.25, -0.2) is 4.79 Å². The fraction of sp³-hybridized carbons (Fsp3) is 0.467. The zero-order valence-corrected chi connectivity index (χ0v) is 11.3. The van der Waals surface area contributed by atoms with E-state index in [1.54, 1.807) is 4.90 Å². The molecule has 3 rings (SSSR count). The van der Waals surface area contributed by atoms with E-state index in [1.807, 2.05) is 30.3 Å². The Kier molecular flexibility index (Phi) is 3.58. The van der Waals surface area contributed by atoms with Crippen molar-refractivity contribution in [3.05, 3.63) is 30.3 Å². The van der Waals surface area contributed by atoms with Crippen molar-refractivity contribution >= 4 is 17.6 Å². The number of hydrogen-bond acceptors (Lipinski definition) is 2. The van der Waals surface area contributed by atoms with E-state index >= 15 is 0 Å². The minimum absolute atomic E-state index is 0.00629. The molecule has 5 heteroatoms. The van der Waals surface area contributed by atoms with Crippen molar-refractivity contribution < 1.29 is 9.59 Å². The van der Waals surface area contributed by atoms with E-state index in [-0.39, 0.29) is 18.0 Å². The molecule has 1 saturated carbocycles. The lowest BCUT2D eigenvalue weighted by Crippen LogP contribution is -2.47. The van der Waals surface area contributed by atoms with E-state index < -0.39 is 0 Å². The summed E-state index contributed by atoms with van der Waals surface area (Å²) in [5, 5.41) is 5.83. The van der Waals surface area contributed by atoms with Crippen molar-refractivity contribution in [2.24, 2.45) is 0 Å². The van der Waals surface area contributed by atoms with Gasteiger partial charge in [-0.1, -0.05) is 18.2 Å². The summed E-state index contributed by atoms with van der Waals surface area (Å²) in [5.74, 6) is -0.00629. The predicted molar refractivity (Wildman–Crippen MR) is 76.4 cm³/mol. The van der Waals surface area contributed by atoms with Crippen LogP contribution in [0.25, 0.3) is 0 Å². The SMILES string of the molecule is O=C(NC1CC1)[C@H]1CCCN1C(=O)Nc1ccccc1. The molecular formula is C15H19N3O2. The van der Waals surface area contributed by atoms with Gasteiger partial charge in [0.2, 0.25) is 5.91 Å². The quantitative estimate of drug-likeness (QED) is 0.884. The highest BCUT2D eigenvalue weighted by atomic mass is 16.2. The number of carbonyl (C=O) groups excluding carboxylic acids is 2. The molecule has 1 heterocycles. The molecule has 0 aromatic heterocycles. The number of hydrogen-bond donors (Lipinski definition) is 2. The Morgan fingerprint density at radius 1 is 1.10 bits per heavy atom. The summed E-state index contributed by atoms with van der Waals surface area (Å²) in [7, 11) is 0. The highest BCUT2D eigenvalue weighted by molar-refractivity contribution is 5.94. The predicted octanol–water partition coefficient (Wildman–Crippen LogP) is 1.96. The van der Waals surface area contributed by atoms with Gasteiger partial charge in [0.15, 0.2) is 0 Å². The minimum Gasteiger partial charge on any atom is -0.352 e. The zero-order valence-electron chi connectivity index (χ0n) is 11.3. The third-order valence-corrected chi connectivity index (χ3v) is 3.77. The van der Waals surface area contributed by atoms with Crippen molar-refractivity contribution in [2.45, 2.75) is 37.8 Å². The highest BCUT2D eigenvalue weighted by Crippen LogP contribution is 2.23. The maximum absolute atomic E-state index is 12.3. The Morgan fingerprint density at radius 2 is 1.85 bits per heavy atom. The van der Waals surface area contributed by atoms with Crippen LogP contribution >= 0.6 is 0 Å². The summed E-state index contributed by atoms with van der Waals surface area (Å²) in [6, 6.07) is 9.15. The van der Waals surface area contributed by atoms with Crippen LogP contribution in [0.15, 0.2) is 30.3 Å². The second kappa shape index (κ2) is 5.53. The molecular weight excluding hydrogens is 254 g/mol. The smallest absolute Gasteiger partial charge is 0.322 e. The van der Waals surface area contributed by atoms with Gasteiger partial charge >= 0.3 is 6.03 Å². The molecule has 2 fully saturated rings. The molecule has 1 aromatic rings. The summed E-state index contributed by atoms with van der Waals surface area (Å²) in [6.45, 7) is 0.640. The largest absolute Gasteiger partial charge is 0.352 e. The van der Waals surface area contributed by atoms with Gasteiger partial charge in [-0.15, -0.1) is 0 Å². The monoisotopic (exact) mass is 273 g/mol. The average Bonchev–Trinajstić information content (AvgIpc) is 3.12. The molecule has 2 aliphatic rings. The molecule has 3 amide bonds. The summed E-state index contributed by atoms with van der Waals surface area (Å²) < 4.78 is 0. The molecule has 1 saturated heterocycles. The van der Waals surface area contributed by atoms with Gasteiger partial charge in [-0.2, -0.15) is 0 Å². The fourth-order valence-electron chi connectivity index (χ4n) is 2.52. The van der Waals surface area contributed by atoms with Gasteiger partial charge < -0.3 is 15.5 Å². The van der Waals surface area contributed by atoms with Crippen LogP contribution in [0.3, 0.4) is 0 Å². The number of anilines is 1. The molecule has 0 unspecified atom stereocenters. The standard InChI is InChI=1S/C15H19N3O2/c19-14(16-12-8-9-12)13-7-4-10-18(13)15(20)17-11-5-2-1-3-6-11/h1-3,5-6,12-13H,4,7-10H2,(H,16,19)(H,17,20)/t13-/m1/s1. The van der Waals surface area contributed by atoms with Crippen LogP contribution < -0.4 is 10.6 Å². The van der Waals surface area contributed by atoms with Crippen molar-refractivity contribution in [1.29, 1.82) is 0 Å². The molecule has 0 radical (unpaired) electrons. The molecule has 1 aliphatic carbocycles. The second-order valence-corrected chi connectivity index (χ2v) is 5.43. The van der Waals surface area contributed by atoms with Crippen LogP contribution in [0.2, 0.25) is 0 Å². The van der Waals surface area contributed by atoms with Crippen LogP contribution in [0, 0.1) is 0 Å². The van der Waals surface area contributed by atoms with Crippen LogP contribution in [-0.4, -0.2) is 35.5 Å². The third kappa shape index (κ3) is 2.92. The molecule has 1 aliphatic heterocycles. The fourth-order valence-corrected chi connectivity index (χ4v) is 2.52. The number of urea groups is 1. The van der Waals surface area contributed by atoms with Gasteiger partial charge in [-0.05, 0) is 37.8 Å². The van der Waals surface area contributed by atoms with Crippen LogP contribution in [0.5, 0.6) is 0 Å². The van der Waals surface area contributed by atoms with E-state index in [4.69, 9.17) is 0 Å². The van der Waals surface area contributed by atoms with Gasteiger partial charge in [0.1, 0.15) is 6.04 Å². The molecule has 2 N–H and O–H groups in total. The van der Waals surface area contributed by atoms with Crippen LogP contribution in [-0.2, 0) is 4.79 Å². The Morgan fingerprint density at radius 3 is 2.55 bits per heavy atom. The first-order valence-corrected chi connectivity index (χ1v) is 7.17. The number of amides is 3. The van der Waals surface area contributed by atoms with E-state index in [0.717, 1.165) is 31.4 Å². The number of rotatable bonds is 3.